The van der Waals surface area contributed by atoms with Crippen molar-refractivity contribution in [1.82, 2.24) is 10.7 Å². The zero-order valence-electron chi connectivity index (χ0n) is 18.2. The highest BCUT2D eigenvalue weighted by Gasteiger charge is 2.12. The molecule has 2 aromatic rings. The van der Waals surface area contributed by atoms with Gasteiger partial charge in [0.05, 0.1) is 6.21 Å². The van der Waals surface area contributed by atoms with Gasteiger partial charge in [0.2, 0.25) is 0 Å². The number of ether oxygens (including phenoxy) is 1. The van der Waals surface area contributed by atoms with Gasteiger partial charge in [-0.25, -0.2) is 5.43 Å². The monoisotopic (exact) mass is 424 g/mol. The number of hydrazone groups is 1. The van der Waals surface area contributed by atoms with Crippen LogP contribution in [-0.2, 0) is 14.4 Å². The van der Waals surface area contributed by atoms with Crippen LogP contribution in [0.25, 0.3) is 0 Å². The lowest BCUT2D eigenvalue weighted by Crippen LogP contribution is -2.38. The molecular weight excluding hydrogens is 396 g/mol. The van der Waals surface area contributed by atoms with Crippen molar-refractivity contribution in [2.24, 2.45) is 5.10 Å². The summed E-state index contributed by atoms with van der Waals surface area (Å²) < 4.78 is 5.64. The van der Waals surface area contributed by atoms with E-state index in [1.807, 2.05) is 39.8 Å². The molecule has 0 aromatic heterocycles. The Morgan fingerprint density at radius 3 is 2.39 bits per heavy atom. The third kappa shape index (κ3) is 7.26. The molecule has 0 fully saturated rings. The van der Waals surface area contributed by atoms with Gasteiger partial charge < -0.3 is 15.4 Å². The molecule has 2 aromatic carbocycles. The Bertz CT molecular complexity index is 962. The number of benzene rings is 2. The Morgan fingerprint density at radius 1 is 1.03 bits per heavy atom. The van der Waals surface area contributed by atoms with Crippen LogP contribution in [0, 0.1) is 20.8 Å². The molecule has 0 unspecified atom stereocenters. The van der Waals surface area contributed by atoms with E-state index in [-0.39, 0.29) is 12.5 Å². The van der Waals surface area contributed by atoms with Gasteiger partial charge in [-0.2, -0.15) is 5.10 Å². The largest absolute Gasteiger partial charge is 0.483 e. The number of carbonyl (C=O) groups excluding carboxylic acids is 3. The number of carbonyl (C=O) groups is 3. The van der Waals surface area contributed by atoms with E-state index >= 15 is 0 Å². The molecule has 3 amide bonds. The summed E-state index contributed by atoms with van der Waals surface area (Å²) in [6, 6.07) is 10.9. The van der Waals surface area contributed by atoms with E-state index in [9.17, 15) is 14.4 Å². The molecule has 164 valence electrons. The molecule has 3 N–H and O–H groups in total. The highest BCUT2D eigenvalue weighted by atomic mass is 16.5. The van der Waals surface area contributed by atoms with Gasteiger partial charge in [0.1, 0.15) is 5.75 Å². The van der Waals surface area contributed by atoms with E-state index in [4.69, 9.17) is 4.74 Å². The molecule has 31 heavy (non-hydrogen) atoms. The van der Waals surface area contributed by atoms with Gasteiger partial charge in [-0.15, -0.1) is 0 Å². The van der Waals surface area contributed by atoms with Crippen molar-refractivity contribution >= 4 is 29.6 Å². The summed E-state index contributed by atoms with van der Waals surface area (Å²) in [5.41, 5.74) is 6.59. The first-order chi connectivity index (χ1) is 14.8. The first-order valence-electron chi connectivity index (χ1n) is 10.0. The van der Waals surface area contributed by atoms with Crippen molar-refractivity contribution in [3.05, 3.63) is 58.7 Å². The van der Waals surface area contributed by atoms with Crippen LogP contribution in [0.15, 0.2) is 41.5 Å². The van der Waals surface area contributed by atoms with Gasteiger partial charge in [0.25, 0.3) is 5.91 Å². The lowest BCUT2D eigenvalue weighted by molar-refractivity contribution is -0.139. The lowest BCUT2D eigenvalue weighted by Gasteiger charge is -2.14. The van der Waals surface area contributed by atoms with Crippen molar-refractivity contribution in [2.75, 3.05) is 18.5 Å². The average molecular weight is 425 g/mol. The van der Waals surface area contributed by atoms with E-state index in [1.165, 1.54) is 6.21 Å². The highest BCUT2D eigenvalue weighted by molar-refractivity contribution is 6.35. The first-order valence-corrected chi connectivity index (χ1v) is 10.0. The molecule has 0 saturated carbocycles. The van der Waals surface area contributed by atoms with Crippen molar-refractivity contribution in [3.63, 3.8) is 0 Å². The fourth-order valence-corrected chi connectivity index (χ4v) is 2.94. The molecule has 0 aliphatic carbocycles. The molecule has 0 heterocycles. The summed E-state index contributed by atoms with van der Waals surface area (Å²) in [4.78, 5) is 35.6. The third-order valence-corrected chi connectivity index (χ3v) is 4.33. The Balaban J connectivity index is 1.96. The highest BCUT2D eigenvalue weighted by Crippen LogP contribution is 2.22. The van der Waals surface area contributed by atoms with E-state index in [0.29, 0.717) is 17.9 Å². The summed E-state index contributed by atoms with van der Waals surface area (Å²) in [5.74, 6) is -1.47. The fraction of sp³-hybridized carbons (Fsp3) is 0.304. The van der Waals surface area contributed by atoms with Gasteiger partial charge in [-0.05, 0) is 50.5 Å². The minimum Gasteiger partial charge on any atom is -0.483 e. The summed E-state index contributed by atoms with van der Waals surface area (Å²) >= 11 is 0. The van der Waals surface area contributed by atoms with Gasteiger partial charge in [-0.3, -0.25) is 14.4 Å². The second-order valence-corrected chi connectivity index (χ2v) is 7.10. The van der Waals surface area contributed by atoms with Gasteiger partial charge in [-0.1, -0.05) is 36.8 Å². The zero-order chi connectivity index (χ0) is 22.8. The molecule has 8 nitrogen and oxygen atoms in total. The van der Waals surface area contributed by atoms with Crippen LogP contribution in [0.3, 0.4) is 0 Å². The van der Waals surface area contributed by atoms with Gasteiger partial charge in [0.15, 0.2) is 6.61 Å². The smallest absolute Gasteiger partial charge is 0.329 e. The predicted molar refractivity (Wildman–Crippen MR) is 120 cm³/mol. The summed E-state index contributed by atoms with van der Waals surface area (Å²) in [6.07, 6.45) is 2.08. The van der Waals surface area contributed by atoms with Crippen LogP contribution in [0.1, 0.15) is 35.6 Å². The minimum atomic E-state index is -0.855. The number of para-hydroxylation sites is 1. The maximum absolute atomic E-state index is 12.4. The number of aryl methyl sites for hydroxylation is 3. The van der Waals surface area contributed by atoms with E-state index in [2.05, 4.69) is 21.2 Å². The molecule has 0 bridgehead atoms. The van der Waals surface area contributed by atoms with Crippen LogP contribution < -0.4 is 20.8 Å². The number of anilines is 1. The summed E-state index contributed by atoms with van der Waals surface area (Å²) in [7, 11) is 0. The van der Waals surface area contributed by atoms with Crippen LogP contribution in [0.5, 0.6) is 5.75 Å². The summed E-state index contributed by atoms with van der Waals surface area (Å²) in [5, 5.41) is 9.14. The second kappa shape index (κ2) is 11.5. The zero-order valence-corrected chi connectivity index (χ0v) is 18.2. The van der Waals surface area contributed by atoms with Crippen molar-refractivity contribution in [3.8, 4) is 5.75 Å². The number of rotatable bonds is 8. The second-order valence-electron chi connectivity index (χ2n) is 7.10. The number of amides is 3. The Kier molecular flexibility index (Phi) is 8.75. The molecule has 0 spiro atoms. The molecule has 2 rings (SSSR count). The molecule has 0 aliphatic heterocycles. The lowest BCUT2D eigenvalue weighted by atomic mass is 10.1. The van der Waals surface area contributed by atoms with Crippen LogP contribution >= 0.6 is 0 Å². The quantitative estimate of drug-likeness (QED) is 0.344. The summed E-state index contributed by atoms with van der Waals surface area (Å²) in [6.45, 7) is 8.00. The normalized spacial score (nSPS) is 10.6. The van der Waals surface area contributed by atoms with Gasteiger partial charge >= 0.3 is 11.8 Å². The fourth-order valence-electron chi connectivity index (χ4n) is 2.94. The topological polar surface area (TPSA) is 109 Å². The first kappa shape index (κ1) is 23.6. The SMILES string of the molecule is CCCNC(=O)C(=O)N/N=C\c1ccccc1OCC(=O)Nc1c(C)cc(C)cc1C. The molecule has 0 atom stereocenters. The number of nitrogens with zero attached hydrogens (tertiary/aromatic N) is 1. The standard InChI is InChI=1S/C23H28N4O4/c1-5-10-24-22(29)23(30)27-25-13-18-8-6-7-9-19(18)31-14-20(28)26-21-16(3)11-15(2)12-17(21)4/h6-9,11-13H,5,10,14H2,1-4H3,(H,24,29)(H,26,28)(H,27,30)/b25-13-. The average Bonchev–Trinajstić information content (AvgIpc) is 2.73. The molecular formula is C23H28N4O4. The molecule has 0 saturated heterocycles. The van der Waals surface area contributed by atoms with E-state index in [1.54, 1.807) is 24.3 Å². The maximum atomic E-state index is 12.4. The number of hydrogen-bond acceptors (Lipinski definition) is 5. The Labute approximate surface area is 182 Å². The number of hydrogen-bond donors (Lipinski definition) is 3. The minimum absolute atomic E-state index is 0.191. The Hall–Kier alpha value is -3.68. The van der Waals surface area contributed by atoms with E-state index < -0.39 is 11.8 Å². The molecule has 8 heteroatoms. The van der Waals surface area contributed by atoms with E-state index in [0.717, 1.165) is 28.8 Å². The van der Waals surface area contributed by atoms with Crippen molar-refractivity contribution in [1.29, 1.82) is 0 Å². The molecule has 0 radical (unpaired) electrons. The predicted octanol–water partition coefficient (Wildman–Crippen LogP) is 2.61. The Morgan fingerprint density at radius 2 is 1.71 bits per heavy atom. The third-order valence-electron chi connectivity index (χ3n) is 4.33. The van der Waals surface area contributed by atoms with Crippen LogP contribution in [0.2, 0.25) is 0 Å². The van der Waals surface area contributed by atoms with Crippen LogP contribution in [-0.4, -0.2) is 37.1 Å². The maximum Gasteiger partial charge on any atom is 0.329 e. The van der Waals surface area contributed by atoms with Crippen molar-refractivity contribution < 1.29 is 19.1 Å². The number of nitrogens with one attached hydrogen (secondary N) is 3. The van der Waals surface area contributed by atoms with Gasteiger partial charge in [0, 0.05) is 17.8 Å². The van der Waals surface area contributed by atoms with Crippen molar-refractivity contribution in [2.45, 2.75) is 34.1 Å². The molecule has 0 aliphatic rings. The van der Waals surface area contributed by atoms with Crippen LogP contribution in [0.4, 0.5) is 5.69 Å².